The van der Waals surface area contributed by atoms with E-state index in [1.165, 1.54) is 26.0 Å². The summed E-state index contributed by atoms with van der Waals surface area (Å²) in [4.78, 5) is 28.3. The molecule has 1 fully saturated rings. The lowest BCUT2D eigenvalue weighted by atomic mass is 9.97. The molecule has 3 rings (SSSR count). The number of aromatic nitrogens is 3. The van der Waals surface area contributed by atoms with Crippen LogP contribution in [0.4, 0.5) is 10.2 Å². The van der Waals surface area contributed by atoms with Crippen molar-refractivity contribution in [2.45, 2.75) is 57.9 Å². The normalized spacial score (nSPS) is 26.3. The predicted octanol–water partition coefficient (Wildman–Crippen LogP) is 2.09. The number of nitrogen functional groups attached to an aromatic ring is 1. The third kappa shape index (κ3) is 6.76. The molecule has 0 saturated carbocycles. The molecule has 3 N–H and O–H groups in total. The Labute approximate surface area is 221 Å². The number of aliphatic hydroxyl groups is 1. The Morgan fingerprint density at radius 3 is 2.68 bits per heavy atom. The molecule has 1 unspecified atom stereocenters. The number of ether oxygens (including phenoxy) is 2. The molecule has 206 valence electrons. The highest BCUT2D eigenvalue weighted by Gasteiger charge is 2.59. The molecule has 1 aromatic heterocycles. The molecule has 1 aliphatic rings. The van der Waals surface area contributed by atoms with Crippen LogP contribution in [0.1, 0.15) is 36.7 Å². The molecule has 1 saturated heterocycles. The average molecular weight is 555 g/mol. The summed E-state index contributed by atoms with van der Waals surface area (Å²) < 4.78 is 69.0. The number of carbonyl (C=O) groups is 1. The number of alkyl halides is 1. The van der Waals surface area contributed by atoms with Gasteiger partial charge in [-0.15, -0.1) is 5.92 Å². The molecular formula is C24H30FN4O8P. The number of nitrogens with zero attached hydrogens (tertiary/aromatic N) is 3. The second kappa shape index (κ2) is 12.0. The molecule has 1 aliphatic heterocycles. The molecule has 12 nitrogen and oxygen atoms in total. The van der Waals surface area contributed by atoms with E-state index in [0.717, 1.165) is 6.20 Å². The van der Waals surface area contributed by atoms with Crippen molar-refractivity contribution in [3.63, 3.8) is 0 Å². The van der Waals surface area contributed by atoms with E-state index >= 15 is 4.39 Å². The van der Waals surface area contributed by atoms with Crippen LogP contribution in [0, 0.1) is 17.8 Å². The van der Waals surface area contributed by atoms with E-state index in [1.54, 1.807) is 32.0 Å². The maximum absolute atomic E-state index is 16.1. The van der Waals surface area contributed by atoms with Gasteiger partial charge in [0, 0.05) is 0 Å². The summed E-state index contributed by atoms with van der Waals surface area (Å²) in [6.45, 7) is 2.65. The summed E-state index contributed by atoms with van der Waals surface area (Å²) >= 11 is 0. The maximum atomic E-state index is 16.1. The molecule has 0 spiro atoms. The van der Waals surface area contributed by atoms with Gasteiger partial charge in [0.15, 0.2) is 0 Å². The van der Waals surface area contributed by atoms with Crippen molar-refractivity contribution in [1.82, 2.24) is 14.8 Å². The zero-order valence-corrected chi connectivity index (χ0v) is 22.0. The Morgan fingerprint density at radius 2 is 2.08 bits per heavy atom. The smallest absolute Gasteiger partial charge is 0.380 e. The van der Waals surface area contributed by atoms with Gasteiger partial charge >= 0.3 is 19.3 Å². The molecule has 6 atom stereocenters. The molecular weight excluding hydrogens is 522 g/mol. The first-order valence-electron chi connectivity index (χ1n) is 12.5. The standard InChI is InChI=1S/C24H30FN4O8P/c1-5-11-24(25)20(30)18(36-22(24)29-23(32)28-19(26)12-27-29)13-34-38(33,37-17-9-7-6-8-10-17)14-16(4)21(31)35-15(2)3/h6-10,12,15-16,18,20,22,30H,13-14H2,1-4H3,(H2,26,28,32)/t16-,18-,20+,22-,24?,38+/m1/s1/i13D2. The highest BCUT2D eigenvalue weighted by atomic mass is 31.2. The lowest BCUT2D eigenvalue weighted by Gasteiger charge is -2.24. The summed E-state index contributed by atoms with van der Waals surface area (Å²) in [7, 11) is -4.60. The Morgan fingerprint density at radius 1 is 1.39 bits per heavy atom. The van der Waals surface area contributed by atoms with E-state index in [0.29, 0.717) is 4.68 Å². The minimum absolute atomic E-state index is 0.0252. The van der Waals surface area contributed by atoms with Crippen LogP contribution in [-0.4, -0.2) is 62.5 Å². The largest absolute Gasteiger partial charge is 0.463 e. The van der Waals surface area contributed by atoms with Gasteiger partial charge in [0.05, 0.1) is 33.7 Å². The van der Waals surface area contributed by atoms with Crippen molar-refractivity contribution in [3.05, 3.63) is 47.0 Å². The van der Waals surface area contributed by atoms with Gasteiger partial charge in [-0.1, -0.05) is 31.0 Å². The highest BCUT2D eigenvalue weighted by molar-refractivity contribution is 7.54. The Kier molecular flexibility index (Phi) is 8.34. The summed E-state index contributed by atoms with van der Waals surface area (Å²) in [5, 5.41) is 14.6. The number of para-hydroxylation sites is 1. The Hall–Kier alpha value is -3.30. The van der Waals surface area contributed by atoms with Crippen LogP contribution in [0.25, 0.3) is 0 Å². The third-order valence-electron chi connectivity index (χ3n) is 5.17. The fourth-order valence-corrected chi connectivity index (χ4v) is 5.20. The van der Waals surface area contributed by atoms with E-state index in [1.807, 2.05) is 0 Å². The zero-order valence-electron chi connectivity index (χ0n) is 23.1. The van der Waals surface area contributed by atoms with Crippen LogP contribution < -0.4 is 15.9 Å². The Balaban J connectivity index is 1.99. The van der Waals surface area contributed by atoms with Gasteiger partial charge in [0.2, 0.25) is 11.9 Å². The lowest BCUT2D eigenvalue weighted by molar-refractivity contribution is -0.151. The molecule has 38 heavy (non-hydrogen) atoms. The number of aliphatic hydroxyl groups excluding tert-OH is 1. The van der Waals surface area contributed by atoms with Gasteiger partial charge in [-0.2, -0.15) is 14.8 Å². The number of esters is 1. The zero-order chi connectivity index (χ0) is 29.9. The van der Waals surface area contributed by atoms with E-state index in [9.17, 15) is 19.3 Å². The fraction of sp³-hybridized carbons (Fsp3) is 0.500. The van der Waals surface area contributed by atoms with Gasteiger partial charge < -0.3 is 24.8 Å². The van der Waals surface area contributed by atoms with Crippen LogP contribution in [-0.2, 0) is 23.4 Å². The van der Waals surface area contributed by atoms with Crippen molar-refractivity contribution in [2.75, 3.05) is 18.5 Å². The average Bonchev–Trinajstić information content (AvgIpc) is 3.10. The summed E-state index contributed by atoms with van der Waals surface area (Å²) in [6, 6.07) is 7.63. The molecule has 2 heterocycles. The highest BCUT2D eigenvalue weighted by Crippen LogP contribution is 2.51. The van der Waals surface area contributed by atoms with E-state index in [2.05, 4.69) is 21.9 Å². The molecule has 0 amide bonds. The van der Waals surface area contributed by atoms with Gasteiger partial charge in [-0.05, 0) is 32.9 Å². The summed E-state index contributed by atoms with van der Waals surface area (Å²) in [5.74, 6) is 2.30. The van der Waals surface area contributed by atoms with E-state index < -0.39 is 68.1 Å². The number of carbonyl (C=O) groups excluding carboxylic acids is 1. The van der Waals surface area contributed by atoms with Gasteiger partial charge in [0.25, 0.3) is 0 Å². The van der Waals surface area contributed by atoms with Crippen molar-refractivity contribution >= 4 is 19.4 Å². The van der Waals surface area contributed by atoms with Crippen LogP contribution in [0.5, 0.6) is 5.75 Å². The summed E-state index contributed by atoms with van der Waals surface area (Å²) in [6.07, 6.45) is -6.87. The second-order valence-corrected chi connectivity index (χ2v) is 10.7. The first kappa shape index (κ1) is 26.3. The van der Waals surface area contributed by atoms with Crippen molar-refractivity contribution in [2.24, 2.45) is 5.92 Å². The first-order chi connectivity index (χ1) is 18.6. The quantitative estimate of drug-likeness (QED) is 0.251. The molecule has 2 aromatic rings. The molecule has 0 radical (unpaired) electrons. The number of benzene rings is 1. The number of hydrogen-bond acceptors (Lipinski definition) is 11. The van der Waals surface area contributed by atoms with Crippen LogP contribution in [0.15, 0.2) is 41.3 Å². The number of rotatable bonds is 10. The topological polar surface area (TPSA) is 165 Å². The van der Waals surface area contributed by atoms with Crippen molar-refractivity contribution < 1.29 is 40.1 Å². The minimum Gasteiger partial charge on any atom is -0.463 e. The second-order valence-electron chi connectivity index (χ2n) is 8.70. The lowest BCUT2D eigenvalue weighted by Crippen LogP contribution is -2.45. The SMILES string of the molecule is [2H]C([2H])(O[P@@](=O)(C[C@@H](C)C(=O)OC(C)C)Oc1ccccc1)[C@H]1O[C@@H](n2ncc(N)nc2=O)C(F)(C#CC)[C@H]1O. The molecule has 0 aliphatic carbocycles. The van der Waals surface area contributed by atoms with Gasteiger partial charge in [-0.25, -0.2) is 13.8 Å². The first-order valence-corrected chi connectivity index (χ1v) is 13.3. The Bertz CT molecular complexity index is 1390. The number of halogens is 1. The van der Waals surface area contributed by atoms with Gasteiger partial charge in [0.1, 0.15) is 23.8 Å². The monoisotopic (exact) mass is 554 g/mol. The van der Waals surface area contributed by atoms with Crippen LogP contribution in [0.3, 0.4) is 0 Å². The third-order valence-corrected chi connectivity index (χ3v) is 7.04. The number of anilines is 1. The van der Waals surface area contributed by atoms with Crippen molar-refractivity contribution in [1.29, 1.82) is 0 Å². The molecule has 14 heteroatoms. The van der Waals surface area contributed by atoms with Crippen molar-refractivity contribution in [3.8, 4) is 17.6 Å². The predicted molar refractivity (Wildman–Crippen MR) is 134 cm³/mol. The minimum atomic E-state index is -4.60. The molecule has 0 bridgehead atoms. The summed E-state index contributed by atoms with van der Waals surface area (Å²) in [5.41, 5.74) is 1.20. The van der Waals surface area contributed by atoms with E-state index in [-0.39, 0.29) is 11.6 Å². The number of hydrogen-bond donors (Lipinski definition) is 2. The van der Waals surface area contributed by atoms with Gasteiger partial charge in [-0.3, -0.25) is 9.32 Å². The fourth-order valence-electron chi connectivity index (χ4n) is 3.48. The van der Waals surface area contributed by atoms with E-state index in [4.69, 9.17) is 27.0 Å². The molecule has 1 aromatic carbocycles. The number of nitrogens with two attached hydrogens (primary N) is 1. The van der Waals surface area contributed by atoms with Crippen LogP contribution >= 0.6 is 7.60 Å². The van der Waals surface area contributed by atoms with Crippen LogP contribution in [0.2, 0.25) is 0 Å². The maximum Gasteiger partial charge on any atom is 0.380 e.